The van der Waals surface area contributed by atoms with Crippen molar-refractivity contribution in [2.24, 2.45) is 13.0 Å². The molecule has 5 heteroatoms. The maximum Gasteiger partial charge on any atom is 0.315 e. The third-order valence-electron chi connectivity index (χ3n) is 5.08. The van der Waals surface area contributed by atoms with Gasteiger partial charge in [-0.25, -0.2) is 4.79 Å². The number of carbonyl (C=O) groups excluding carboxylic acids is 1. The Bertz CT molecular complexity index is 523. The van der Waals surface area contributed by atoms with E-state index in [1.807, 2.05) is 0 Å². The Morgan fingerprint density at radius 1 is 1.39 bits per heavy atom. The van der Waals surface area contributed by atoms with E-state index in [0.717, 1.165) is 38.3 Å². The number of aryl methyl sites for hydroxylation is 2. The number of nitrogens with one attached hydrogen (secondary N) is 2. The molecule has 2 N–H and O–H groups in total. The third kappa shape index (κ3) is 4.99. The molecule has 3 rings (SSSR count). The second-order valence-corrected chi connectivity index (χ2v) is 7.36. The minimum absolute atomic E-state index is 0.0114. The predicted molar refractivity (Wildman–Crippen MR) is 92.4 cm³/mol. The standard InChI is InChI=1S/C18H30N4O/c1-14(5-8-17-4-3-10-21(17)2)19-18(23)20-16-9-11-22(13-16)12-15-6-7-15/h3-4,10,14-16H,5-9,11-13H2,1-2H3,(H2,19,20,23)/t14-,16-/m0/s1. The molecule has 0 spiro atoms. The first-order valence-electron chi connectivity index (χ1n) is 8.99. The van der Waals surface area contributed by atoms with E-state index in [-0.39, 0.29) is 12.1 Å². The molecule has 2 heterocycles. The van der Waals surface area contributed by atoms with Crippen molar-refractivity contribution < 1.29 is 4.79 Å². The smallest absolute Gasteiger partial charge is 0.315 e. The highest BCUT2D eigenvalue weighted by molar-refractivity contribution is 5.74. The maximum atomic E-state index is 12.1. The molecule has 1 saturated heterocycles. The molecule has 1 aromatic rings. The zero-order valence-corrected chi connectivity index (χ0v) is 14.4. The van der Waals surface area contributed by atoms with E-state index in [4.69, 9.17) is 0 Å². The average Bonchev–Trinajstić information content (AvgIpc) is 3.05. The van der Waals surface area contributed by atoms with E-state index < -0.39 is 0 Å². The summed E-state index contributed by atoms with van der Waals surface area (Å²) >= 11 is 0. The fraction of sp³-hybridized carbons (Fsp3) is 0.722. The van der Waals surface area contributed by atoms with Crippen LogP contribution in [0.1, 0.15) is 38.3 Å². The van der Waals surface area contributed by atoms with Gasteiger partial charge in [0.05, 0.1) is 0 Å². The molecule has 0 radical (unpaired) electrons. The monoisotopic (exact) mass is 318 g/mol. The summed E-state index contributed by atoms with van der Waals surface area (Å²) in [6, 6.07) is 4.69. The van der Waals surface area contributed by atoms with Crippen LogP contribution in [0.25, 0.3) is 0 Å². The number of nitrogens with zero attached hydrogens (tertiary/aromatic N) is 2. The van der Waals surface area contributed by atoms with E-state index in [1.165, 1.54) is 25.1 Å². The van der Waals surface area contributed by atoms with Crippen molar-refractivity contribution in [1.29, 1.82) is 0 Å². The van der Waals surface area contributed by atoms with Gasteiger partial charge in [0, 0.05) is 50.7 Å². The van der Waals surface area contributed by atoms with Crippen molar-refractivity contribution in [3.8, 4) is 0 Å². The number of hydrogen-bond acceptors (Lipinski definition) is 2. The Balaban J connectivity index is 1.33. The molecule has 2 amide bonds. The fourth-order valence-electron chi connectivity index (χ4n) is 3.43. The molecule has 2 fully saturated rings. The third-order valence-corrected chi connectivity index (χ3v) is 5.08. The Kier molecular flexibility index (Phi) is 5.26. The Labute approximate surface area is 139 Å². The second kappa shape index (κ2) is 7.39. The molecule has 23 heavy (non-hydrogen) atoms. The van der Waals surface area contributed by atoms with E-state index in [0.29, 0.717) is 6.04 Å². The van der Waals surface area contributed by atoms with Crippen LogP contribution in [0.5, 0.6) is 0 Å². The molecular weight excluding hydrogens is 288 g/mol. The topological polar surface area (TPSA) is 49.3 Å². The Hall–Kier alpha value is -1.49. The number of carbonyl (C=O) groups is 1. The lowest BCUT2D eigenvalue weighted by molar-refractivity contribution is 0.232. The highest BCUT2D eigenvalue weighted by Crippen LogP contribution is 2.30. The molecule has 5 nitrogen and oxygen atoms in total. The van der Waals surface area contributed by atoms with Crippen LogP contribution in [-0.4, -0.2) is 47.2 Å². The SMILES string of the molecule is C[C@@H](CCc1cccn1C)NC(=O)N[C@H]1CCN(CC2CC2)C1. The quantitative estimate of drug-likeness (QED) is 0.809. The summed E-state index contributed by atoms with van der Waals surface area (Å²) in [7, 11) is 2.06. The summed E-state index contributed by atoms with van der Waals surface area (Å²) in [6.07, 6.45) is 7.89. The zero-order valence-electron chi connectivity index (χ0n) is 14.4. The summed E-state index contributed by atoms with van der Waals surface area (Å²) < 4.78 is 2.14. The highest BCUT2D eigenvalue weighted by Gasteiger charge is 2.29. The number of hydrogen-bond donors (Lipinski definition) is 2. The van der Waals surface area contributed by atoms with Crippen LogP contribution in [-0.2, 0) is 13.5 Å². The molecule has 1 aliphatic carbocycles. The molecule has 0 aromatic carbocycles. The van der Waals surface area contributed by atoms with Gasteiger partial charge in [0.25, 0.3) is 0 Å². The normalized spacial score (nSPS) is 23.0. The van der Waals surface area contributed by atoms with E-state index >= 15 is 0 Å². The van der Waals surface area contributed by atoms with Gasteiger partial charge in [-0.15, -0.1) is 0 Å². The largest absolute Gasteiger partial charge is 0.354 e. The van der Waals surface area contributed by atoms with Crippen LogP contribution >= 0.6 is 0 Å². The molecule has 2 aliphatic rings. The van der Waals surface area contributed by atoms with Gasteiger partial charge in [-0.3, -0.25) is 0 Å². The van der Waals surface area contributed by atoms with Crippen molar-refractivity contribution in [3.05, 3.63) is 24.0 Å². The van der Waals surface area contributed by atoms with Crippen LogP contribution in [0.15, 0.2) is 18.3 Å². The Morgan fingerprint density at radius 2 is 2.22 bits per heavy atom. The van der Waals surface area contributed by atoms with Crippen LogP contribution < -0.4 is 10.6 Å². The molecule has 128 valence electrons. The number of likely N-dealkylation sites (tertiary alicyclic amines) is 1. The van der Waals surface area contributed by atoms with Crippen molar-refractivity contribution in [1.82, 2.24) is 20.1 Å². The minimum atomic E-state index is -0.0114. The zero-order chi connectivity index (χ0) is 16.2. The molecule has 1 saturated carbocycles. The van der Waals surface area contributed by atoms with Crippen molar-refractivity contribution in [2.75, 3.05) is 19.6 Å². The van der Waals surface area contributed by atoms with Crippen LogP contribution in [0.3, 0.4) is 0 Å². The molecule has 1 aliphatic heterocycles. The highest BCUT2D eigenvalue weighted by atomic mass is 16.2. The summed E-state index contributed by atoms with van der Waals surface area (Å²) in [6.45, 7) is 5.45. The van der Waals surface area contributed by atoms with Crippen LogP contribution in [0.2, 0.25) is 0 Å². The van der Waals surface area contributed by atoms with Gasteiger partial charge in [0.15, 0.2) is 0 Å². The molecule has 1 aromatic heterocycles. The first-order chi connectivity index (χ1) is 11.1. The summed E-state index contributed by atoms with van der Waals surface area (Å²) in [5, 5.41) is 6.22. The van der Waals surface area contributed by atoms with Crippen molar-refractivity contribution in [2.45, 2.75) is 51.1 Å². The van der Waals surface area contributed by atoms with Gasteiger partial charge >= 0.3 is 6.03 Å². The van der Waals surface area contributed by atoms with Gasteiger partial charge in [-0.1, -0.05) is 0 Å². The molecule has 0 unspecified atom stereocenters. The van der Waals surface area contributed by atoms with E-state index in [2.05, 4.69) is 52.4 Å². The Morgan fingerprint density at radius 3 is 2.91 bits per heavy atom. The fourth-order valence-corrected chi connectivity index (χ4v) is 3.43. The first-order valence-corrected chi connectivity index (χ1v) is 8.99. The number of rotatable bonds is 7. The minimum Gasteiger partial charge on any atom is -0.354 e. The molecular formula is C18H30N4O. The predicted octanol–water partition coefficient (Wildman–Crippen LogP) is 2.13. The number of amides is 2. The lowest BCUT2D eigenvalue weighted by Gasteiger charge is -2.19. The summed E-state index contributed by atoms with van der Waals surface area (Å²) in [5.74, 6) is 0.931. The van der Waals surface area contributed by atoms with Crippen LogP contribution in [0.4, 0.5) is 4.79 Å². The summed E-state index contributed by atoms with van der Waals surface area (Å²) in [4.78, 5) is 14.6. The first kappa shape index (κ1) is 16.4. The molecule has 2 atom stereocenters. The van der Waals surface area contributed by atoms with Gasteiger partial charge in [-0.2, -0.15) is 0 Å². The van der Waals surface area contributed by atoms with Crippen molar-refractivity contribution in [3.63, 3.8) is 0 Å². The van der Waals surface area contributed by atoms with Crippen molar-refractivity contribution >= 4 is 6.03 Å². The average molecular weight is 318 g/mol. The van der Waals surface area contributed by atoms with Crippen LogP contribution in [0, 0.1) is 5.92 Å². The maximum absolute atomic E-state index is 12.1. The van der Waals surface area contributed by atoms with Gasteiger partial charge in [0.1, 0.15) is 0 Å². The summed E-state index contributed by atoms with van der Waals surface area (Å²) in [5.41, 5.74) is 1.31. The lowest BCUT2D eigenvalue weighted by atomic mass is 10.1. The van der Waals surface area contributed by atoms with Gasteiger partial charge in [-0.05, 0) is 57.1 Å². The van der Waals surface area contributed by atoms with E-state index in [1.54, 1.807) is 0 Å². The lowest BCUT2D eigenvalue weighted by Crippen LogP contribution is -2.46. The second-order valence-electron chi connectivity index (χ2n) is 7.36. The number of aromatic nitrogens is 1. The van der Waals surface area contributed by atoms with E-state index in [9.17, 15) is 4.79 Å². The number of urea groups is 1. The van der Waals surface area contributed by atoms with Gasteiger partial charge in [0.2, 0.25) is 0 Å². The molecule has 0 bridgehead atoms. The van der Waals surface area contributed by atoms with Gasteiger partial charge < -0.3 is 20.1 Å².